The number of hydrogen-bond donors (Lipinski definition) is 1. The fourth-order valence-electron chi connectivity index (χ4n) is 3.39. The zero-order valence-corrected chi connectivity index (χ0v) is 14.5. The molecular formula is C18H26ClNO3. The fourth-order valence-corrected chi connectivity index (χ4v) is 3.52. The molecule has 23 heavy (non-hydrogen) atoms. The van der Waals surface area contributed by atoms with Gasteiger partial charge in [-0.25, -0.2) is 0 Å². The van der Waals surface area contributed by atoms with Gasteiger partial charge in [-0.15, -0.1) is 0 Å². The summed E-state index contributed by atoms with van der Waals surface area (Å²) >= 11 is 5.90. The first-order valence-corrected chi connectivity index (χ1v) is 8.86. The number of benzene rings is 1. The Balaban J connectivity index is 1.42. The largest absolute Gasteiger partial charge is 0.389 e. The van der Waals surface area contributed by atoms with E-state index in [0.29, 0.717) is 13.2 Å². The highest BCUT2D eigenvalue weighted by molar-refractivity contribution is 6.30. The van der Waals surface area contributed by atoms with E-state index >= 15 is 0 Å². The highest BCUT2D eigenvalue weighted by atomic mass is 35.5. The number of nitrogens with zero attached hydrogens (tertiary/aromatic N) is 1. The lowest BCUT2D eigenvalue weighted by Crippen LogP contribution is -2.57. The Labute approximate surface area is 143 Å². The van der Waals surface area contributed by atoms with Gasteiger partial charge in [0, 0.05) is 24.7 Å². The second-order valence-electron chi connectivity index (χ2n) is 6.80. The number of hydrogen-bond acceptors (Lipinski definition) is 4. The molecule has 1 aliphatic carbocycles. The molecular weight excluding hydrogens is 314 g/mol. The molecule has 2 atom stereocenters. The van der Waals surface area contributed by atoms with Crippen LogP contribution in [0.4, 0.5) is 0 Å². The SMILES string of the molecule is CC(OCC(O)CN1CCOC2(CCC2)C1)c1ccc(Cl)cc1. The second kappa shape index (κ2) is 7.49. The van der Waals surface area contributed by atoms with Crippen molar-refractivity contribution in [3.8, 4) is 0 Å². The number of halogens is 1. The van der Waals surface area contributed by atoms with Gasteiger partial charge >= 0.3 is 0 Å². The molecule has 128 valence electrons. The number of rotatable bonds is 6. The molecule has 1 aromatic rings. The molecule has 2 unspecified atom stereocenters. The van der Waals surface area contributed by atoms with Gasteiger partial charge in [0.25, 0.3) is 0 Å². The Bertz CT molecular complexity index is 503. The van der Waals surface area contributed by atoms with E-state index in [1.807, 2.05) is 31.2 Å². The van der Waals surface area contributed by atoms with Crippen molar-refractivity contribution in [2.75, 3.05) is 32.8 Å². The lowest BCUT2D eigenvalue weighted by molar-refractivity contribution is -0.156. The average molecular weight is 340 g/mol. The maximum Gasteiger partial charge on any atom is 0.0900 e. The zero-order valence-electron chi connectivity index (χ0n) is 13.7. The van der Waals surface area contributed by atoms with Crippen molar-refractivity contribution in [2.24, 2.45) is 0 Å². The monoisotopic (exact) mass is 339 g/mol. The van der Waals surface area contributed by atoms with Gasteiger partial charge in [-0.3, -0.25) is 4.90 Å². The van der Waals surface area contributed by atoms with Crippen LogP contribution in [-0.4, -0.2) is 54.6 Å². The van der Waals surface area contributed by atoms with Crippen LogP contribution in [0.2, 0.25) is 5.02 Å². The molecule has 5 heteroatoms. The number of aliphatic hydroxyl groups excluding tert-OH is 1. The van der Waals surface area contributed by atoms with Crippen LogP contribution < -0.4 is 0 Å². The minimum atomic E-state index is -0.472. The molecule has 3 rings (SSSR count). The third-order valence-electron chi connectivity index (χ3n) is 4.94. The van der Waals surface area contributed by atoms with Crippen LogP contribution in [-0.2, 0) is 9.47 Å². The molecule has 1 saturated carbocycles. The standard InChI is InChI=1S/C18H26ClNO3/c1-14(15-3-5-16(19)6-4-15)22-12-17(21)11-20-9-10-23-18(13-20)7-2-8-18/h3-6,14,17,21H,2,7-13H2,1H3. The van der Waals surface area contributed by atoms with Crippen molar-refractivity contribution in [1.29, 1.82) is 0 Å². The maximum atomic E-state index is 10.3. The van der Waals surface area contributed by atoms with Crippen LogP contribution in [0.1, 0.15) is 37.9 Å². The Morgan fingerprint density at radius 2 is 2.09 bits per heavy atom. The normalized spacial score (nSPS) is 23.4. The fraction of sp³-hybridized carbons (Fsp3) is 0.667. The van der Waals surface area contributed by atoms with Crippen LogP contribution in [0.15, 0.2) is 24.3 Å². The van der Waals surface area contributed by atoms with Crippen LogP contribution in [0.3, 0.4) is 0 Å². The quantitative estimate of drug-likeness (QED) is 0.865. The van der Waals surface area contributed by atoms with E-state index in [9.17, 15) is 5.11 Å². The van der Waals surface area contributed by atoms with E-state index in [1.165, 1.54) is 6.42 Å². The van der Waals surface area contributed by atoms with E-state index in [4.69, 9.17) is 21.1 Å². The molecule has 0 aromatic heterocycles. The third kappa shape index (κ3) is 4.46. The van der Waals surface area contributed by atoms with E-state index in [-0.39, 0.29) is 11.7 Å². The first-order valence-electron chi connectivity index (χ1n) is 8.48. The lowest BCUT2D eigenvalue weighted by atomic mass is 9.79. The number of aliphatic hydroxyl groups is 1. The highest BCUT2D eigenvalue weighted by Crippen LogP contribution is 2.38. The lowest BCUT2D eigenvalue weighted by Gasteiger charge is -2.48. The molecule has 2 aliphatic rings. The molecule has 2 fully saturated rings. The molecule has 0 radical (unpaired) electrons. The average Bonchev–Trinajstić information content (AvgIpc) is 2.52. The van der Waals surface area contributed by atoms with Crippen LogP contribution in [0, 0.1) is 0 Å². The summed E-state index contributed by atoms with van der Waals surface area (Å²) in [5, 5.41) is 11.0. The topological polar surface area (TPSA) is 41.9 Å². The first-order chi connectivity index (χ1) is 11.1. The summed E-state index contributed by atoms with van der Waals surface area (Å²) in [6, 6.07) is 7.64. The van der Waals surface area contributed by atoms with Crippen LogP contribution in [0.5, 0.6) is 0 Å². The maximum absolute atomic E-state index is 10.3. The molecule has 0 bridgehead atoms. The van der Waals surface area contributed by atoms with Crippen molar-refractivity contribution in [2.45, 2.75) is 44.0 Å². The van der Waals surface area contributed by atoms with Crippen LogP contribution in [0.25, 0.3) is 0 Å². The van der Waals surface area contributed by atoms with Gasteiger partial charge in [0.05, 0.1) is 31.0 Å². The van der Waals surface area contributed by atoms with Crippen molar-refractivity contribution in [3.05, 3.63) is 34.9 Å². The smallest absolute Gasteiger partial charge is 0.0900 e. The van der Waals surface area contributed by atoms with Gasteiger partial charge in [0.15, 0.2) is 0 Å². The van der Waals surface area contributed by atoms with E-state index < -0.39 is 6.10 Å². The van der Waals surface area contributed by atoms with Crippen molar-refractivity contribution in [1.82, 2.24) is 4.90 Å². The van der Waals surface area contributed by atoms with Gasteiger partial charge < -0.3 is 14.6 Å². The first kappa shape index (κ1) is 17.2. The summed E-state index contributed by atoms with van der Waals surface area (Å²) in [4.78, 5) is 2.31. The molecule has 1 N–H and O–H groups in total. The highest BCUT2D eigenvalue weighted by Gasteiger charge is 2.42. The predicted molar refractivity (Wildman–Crippen MR) is 90.8 cm³/mol. The van der Waals surface area contributed by atoms with Crippen molar-refractivity contribution >= 4 is 11.6 Å². The van der Waals surface area contributed by atoms with Gasteiger partial charge in [-0.05, 0) is 43.9 Å². The Morgan fingerprint density at radius 1 is 1.35 bits per heavy atom. The predicted octanol–water partition coefficient (Wildman–Crippen LogP) is 3.03. The Hall–Kier alpha value is -0.650. The van der Waals surface area contributed by atoms with Gasteiger partial charge in [0.2, 0.25) is 0 Å². The summed E-state index contributed by atoms with van der Waals surface area (Å²) in [5.41, 5.74) is 1.15. The molecule has 1 heterocycles. The minimum Gasteiger partial charge on any atom is -0.389 e. The summed E-state index contributed by atoms with van der Waals surface area (Å²) in [7, 11) is 0. The Kier molecular flexibility index (Phi) is 5.60. The van der Waals surface area contributed by atoms with Gasteiger partial charge in [0.1, 0.15) is 0 Å². The van der Waals surface area contributed by atoms with E-state index in [2.05, 4.69) is 4.90 Å². The number of morpholine rings is 1. The minimum absolute atomic E-state index is 0.0513. The van der Waals surface area contributed by atoms with E-state index in [1.54, 1.807) is 0 Å². The zero-order chi connectivity index (χ0) is 16.3. The third-order valence-corrected chi connectivity index (χ3v) is 5.19. The van der Waals surface area contributed by atoms with Gasteiger partial charge in [-0.1, -0.05) is 23.7 Å². The molecule has 1 spiro atoms. The Morgan fingerprint density at radius 3 is 2.74 bits per heavy atom. The second-order valence-corrected chi connectivity index (χ2v) is 7.24. The molecule has 1 saturated heterocycles. The summed E-state index contributed by atoms with van der Waals surface area (Å²) in [6.45, 7) is 5.59. The molecule has 1 aliphatic heterocycles. The number of β-amino-alcohol motifs (C(OH)–C–C–N with tert-alkyl or cyclic N) is 1. The molecule has 4 nitrogen and oxygen atoms in total. The summed E-state index contributed by atoms with van der Waals surface area (Å²) in [5.74, 6) is 0. The van der Waals surface area contributed by atoms with Crippen molar-refractivity contribution in [3.63, 3.8) is 0 Å². The number of ether oxygens (including phenoxy) is 2. The van der Waals surface area contributed by atoms with Gasteiger partial charge in [-0.2, -0.15) is 0 Å². The van der Waals surface area contributed by atoms with Crippen LogP contribution >= 0.6 is 11.6 Å². The molecule has 0 amide bonds. The van der Waals surface area contributed by atoms with E-state index in [0.717, 1.165) is 43.1 Å². The molecule has 1 aromatic carbocycles. The summed E-state index contributed by atoms with van der Waals surface area (Å²) < 4.78 is 11.7. The van der Waals surface area contributed by atoms with Crippen molar-refractivity contribution < 1.29 is 14.6 Å². The summed E-state index contributed by atoms with van der Waals surface area (Å²) in [6.07, 6.45) is 3.05.